The third-order valence-electron chi connectivity index (χ3n) is 4.65. The molecule has 5 heteroatoms. The van der Waals surface area contributed by atoms with Crippen LogP contribution >= 0.6 is 0 Å². The Balaban J connectivity index is 2.02. The van der Waals surface area contributed by atoms with E-state index in [2.05, 4.69) is 29.5 Å². The Bertz CT molecular complexity index is 695. The van der Waals surface area contributed by atoms with Gasteiger partial charge in [-0.15, -0.1) is 0 Å². The Morgan fingerprint density at radius 3 is 2.78 bits per heavy atom. The molecule has 1 aliphatic heterocycles. The predicted molar refractivity (Wildman–Crippen MR) is 90.0 cm³/mol. The molecule has 1 saturated heterocycles. The fourth-order valence-electron chi connectivity index (χ4n) is 3.46. The van der Waals surface area contributed by atoms with Crippen LogP contribution in [0.1, 0.15) is 37.1 Å². The summed E-state index contributed by atoms with van der Waals surface area (Å²) in [5, 5.41) is 15.5. The zero-order valence-corrected chi connectivity index (χ0v) is 14.2. The highest BCUT2D eigenvalue weighted by molar-refractivity contribution is 5.86. The van der Waals surface area contributed by atoms with Gasteiger partial charge in [0.2, 0.25) is 0 Å². The molecule has 4 nitrogen and oxygen atoms in total. The third-order valence-corrected chi connectivity index (χ3v) is 4.65. The lowest BCUT2D eigenvalue weighted by atomic mass is 10.0. The molecule has 1 atom stereocenters. The number of fused-ring (bicyclic) bond motifs is 1. The van der Waals surface area contributed by atoms with Gasteiger partial charge in [0.25, 0.3) is 0 Å². The fourth-order valence-corrected chi connectivity index (χ4v) is 3.46. The van der Waals surface area contributed by atoms with Crippen LogP contribution in [0, 0.1) is 12.8 Å². The quantitative estimate of drug-likeness (QED) is 0.921. The van der Waals surface area contributed by atoms with Gasteiger partial charge < -0.3 is 5.11 Å². The minimum absolute atomic E-state index is 0.0413. The lowest BCUT2D eigenvalue weighted by molar-refractivity contribution is 0.279. The van der Waals surface area contributed by atoms with Crippen LogP contribution in [0.4, 0.5) is 4.39 Å². The van der Waals surface area contributed by atoms with Crippen LogP contribution in [0.2, 0.25) is 0 Å². The molecule has 2 aromatic rings. The van der Waals surface area contributed by atoms with Gasteiger partial charge in [0, 0.05) is 31.6 Å². The largest absolute Gasteiger partial charge is 0.392 e. The van der Waals surface area contributed by atoms with E-state index in [1.165, 1.54) is 0 Å². The van der Waals surface area contributed by atoms with Crippen molar-refractivity contribution in [3.8, 4) is 0 Å². The zero-order valence-electron chi connectivity index (χ0n) is 14.2. The number of hydrogen-bond donors (Lipinski definition) is 1. The molecule has 1 aromatic carbocycles. The molecule has 3 rings (SSSR count). The maximum absolute atomic E-state index is 13.4. The fraction of sp³-hybridized carbons (Fsp3) is 0.611. The zero-order chi connectivity index (χ0) is 16.6. The Labute approximate surface area is 136 Å². The van der Waals surface area contributed by atoms with Crippen molar-refractivity contribution in [3.05, 3.63) is 29.0 Å². The molecule has 1 aliphatic rings. The van der Waals surface area contributed by atoms with E-state index in [-0.39, 0.29) is 6.61 Å². The van der Waals surface area contributed by atoms with E-state index in [9.17, 15) is 9.50 Å². The van der Waals surface area contributed by atoms with Gasteiger partial charge in [-0.2, -0.15) is 5.10 Å². The summed E-state index contributed by atoms with van der Waals surface area (Å²) in [6, 6.07) is 4.03. The summed E-state index contributed by atoms with van der Waals surface area (Å²) in [6.07, 6.45) is -0.0834. The number of aromatic nitrogens is 2. The monoisotopic (exact) mass is 319 g/mol. The van der Waals surface area contributed by atoms with Gasteiger partial charge >= 0.3 is 0 Å². The Morgan fingerprint density at radius 2 is 2.17 bits per heavy atom. The molecule has 0 radical (unpaired) electrons. The van der Waals surface area contributed by atoms with E-state index in [4.69, 9.17) is 5.10 Å². The summed E-state index contributed by atoms with van der Waals surface area (Å²) >= 11 is 0. The van der Waals surface area contributed by atoms with Gasteiger partial charge in [-0.05, 0) is 30.4 Å². The number of aliphatic hydroxyl groups excluding tert-OH is 1. The number of nitrogens with zero attached hydrogens (tertiary/aromatic N) is 3. The van der Waals surface area contributed by atoms with Crippen LogP contribution in [0.5, 0.6) is 0 Å². The molecule has 0 amide bonds. The summed E-state index contributed by atoms with van der Waals surface area (Å²) < 4.78 is 15.5. The van der Waals surface area contributed by atoms with Crippen molar-refractivity contribution in [2.24, 2.45) is 5.92 Å². The minimum atomic E-state index is -0.707. The van der Waals surface area contributed by atoms with Crippen molar-refractivity contribution < 1.29 is 9.50 Å². The third kappa shape index (κ3) is 3.26. The first-order valence-electron chi connectivity index (χ1n) is 8.44. The minimum Gasteiger partial charge on any atom is -0.392 e. The van der Waals surface area contributed by atoms with Crippen molar-refractivity contribution >= 4 is 10.9 Å². The van der Waals surface area contributed by atoms with Crippen molar-refractivity contribution in [2.75, 3.05) is 13.1 Å². The van der Waals surface area contributed by atoms with Crippen molar-refractivity contribution in [2.45, 2.75) is 53.1 Å². The Morgan fingerprint density at radius 1 is 1.39 bits per heavy atom. The predicted octanol–water partition coefficient (Wildman–Crippen LogP) is 3.04. The average Bonchev–Trinajstić information content (AvgIpc) is 3.04. The molecule has 0 aliphatic carbocycles. The molecule has 2 heterocycles. The molecule has 1 unspecified atom stereocenters. The molecule has 1 fully saturated rings. The van der Waals surface area contributed by atoms with Crippen LogP contribution in [0.25, 0.3) is 10.9 Å². The lowest BCUT2D eigenvalue weighted by Crippen LogP contribution is -2.21. The van der Waals surface area contributed by atoms with Crippen molar-refractivity contribution in [1.29, 1.82) is 0 Å². The number of likely N-dealkylation sites (tertiary alicyclic amines) is 1. The standard InChI is InChI=1S/C18H26FN3O/c1-12(2)8-22-18-13(3)14(11-23)4-5-16(18)17(20-22)10-21-7-6-15(19)9-21/h4-5,12,15,23H,6-11H2,1-3H3. The van der Waals surface area contributed by atoms with Crippen molar-refractivity contribution in [1.82, 2.24) is 14.7 Å². The molecule has 0 saturated carbocycles. The maximum atomic E-state index is 13.4. The second-order valence-electron chi connectivity index (χ2n) is 7.05. The number of rotatable bonds is 5. The molecule has 1 aromatic heterocycles. The van der Waals surface area contributed by atoms with Crippen LogP contribution in [0.3, 0.4) is 0 Å². The highest BCUT2D eigenvalue weighted by atomic mass is 19.1. The number of alkyl halides is 1. The first kappa shape index (κ1) is 16.4. The molecule has 23 heavy (non-hydrogen) atoms. The molecule has 0 spiro atoms. The summed E-state index contributed by atoms with van der Waals surface area (Å²) in [5.41, 5.74) is 4.16. The summed E-state index contributed by atoms with van der Waals surface area (Å²) in [6.45, 7) is 9.28. The molecule has 0 bridgehead atoms. The van der Waals surface area contributed by atoms with E-state index >= 15 is 0 Å². The normalized spacial score (nSPS) is 19.3. The first-order chi connectivity index (χ1) is 11.0. The van der Waals surface area contributed by atoms with Gasteiger partial charge in [0.1, 0.15) is 6.17 Å². The van der Waals surface area contributed by atoms with E-state index < -0.39 is 6.17 Å². The summed E-state index contributed by atoms with van der Waals surface area (Å²) in [4.78, 5) is 2.14. The second-order valence-corrected chi connectivity index (χ2v) is 7.05. The Kier molecular flexibility index (Phi) is 4.69. The summed E-state index contributed by atoms with van der Waals surface area (Å²) in [7, 11) is 0. The van der Waals surface area contributed by atoms with Gasteiger partial charge in [0.05, 0.1) is 17.8 Å². The smallest absolute Gasteiger partial charge is 0.114 e. The number of benzene rings is 1. The molecule has 126 valence electrons. The topological polar surface area (TPSA) is 41.3 Å². The van der Waals surface area contributed by atoms with Crippen molar-refractivity contribution in [3.63, 3.8) is 0 Å². The number of aryl methyl sites for hydroxylation is 1. The Hall–Kier alpha value is -1.46. The van der Waals surface area contributed by atoms with Crippen LogP contribution in [0.15, 0.2) is 12.1 Å². The SMILES string of the molecule is Cc1c(CO)ccc2c(CN3CCC(F)C3)nn(CC(C)C)c12. The van der Waals surface area contributed by atoms with E-state index in [1.807, 2.05) is 13.0 Å². The van der Waals surface area contributed by atoms with Gasteiger partial charge in [-0.3, -0.25) is 9.58 Å². The highest BCUT2D eigenvalue weighted by Crippen LogP contribution is 2.27. The first-order valence-corrected chi connectivity index (χ1v) is 8.44. The second kappa shape index (κ2) is 6.57. The summed E-state index contributed by atoms with van der Waals surface area (Å²) in [5.74, 6) is 0.491. The molecular weight excluding hydrogens is 293 g/mol. The molecular formula is C18H26FN3O. The highest BCUT2D eigenvalue weighted by Gasteiger charge is 2.24. The average molecular weight is 319 g/mol. The van der Waals surface area contributed by atoms with Gasteiger partial charge in [0.15, 0.2) is 0 Å². The van der Waals surface area contributed by atoms with E-state index in [0.29, 0.717) is 25.4 Å². The van der Waals surface area contributed by atoms with Crippen LogP contribution in [-0.2, 0) is 19.7 Å². The maximum Gasteiger partial charge on any atom is 0.114 e. The molecule has 1 N–H and O–H groups in total. The number of halogens is 1. The van der Waals surface area contributed by atoms with E-state index in [1.54, 1.807) is 0 Å². The van der Waals surface area contributed by atoms with Crippen LogP contribution < -0.4 is 0 Å². The van der Waals surface area contributed by atoms with Gasteiger partial charge in [-0.1, -0.05) is 26.0 Å². The number of aliphatic hydroxyl groups is 1. The van der Waals surface area contributed by atoms with Crippen LogP contribution in [-0.4, -0.2) is 39.0 Å². The van der Waals surface area contributed by atoms with E-state index in [0.717, 1.165) is 40.8 Å². The van der Waals surface area contributed by atoms with Gasteiger partial charge in [-0.25, -0.2) is 4.39 Å². The number of hydrogen-bond acceptors (Lipinski definition) is 3. The lowest BCUT2D eigenvalue weighted by Gasteiger charge is -2.12.